The van der Waals surface area contributed by atoms with Gasteiger partial charge < -0.3 is 24.8 Å². The number of benzene rings is 2. The Labute approximate surface area is 195 Å². The number of anilines is 1. The molecule has 0 bridgehead atoms. The van der Waals surface area contributed by atoms with Crippen LogP contribution in [0.4, 0.5) is 10.5 Å². The molecule has 0 aromatic heterocycles. The van der Waals surface area contributed by atoms with E-state index in [0.29, 0.717) is 42.3 Å². The summed E-state index contributed by atoms with van der Waals surface area (Å²) in [6.45, 7) is 8.37. The van der Waals surface area contributed by atoms with Crippen molar-refractivity contribution in [2.24, 2.45) is 0 Å². The van der Waals surface area contributed by atoms with E-state index in [0.717, 1.165) is 11.1 Å². The number of rotatable bonds is 8. The van der Waals surface area contributed by atoms with Crippen molar-refractivity contribution in [3.63, 3.8) is 0 Å². The number of nitrogen functional groups attached to an aromatic ring is 1. The van der Waals surface area contributed by atoms with Gasteiger partial charge in [-0.2, -0.15) is 0 Å². The lowest BCUT2D eigenvalue weighted by Crippen LogP contribution is -2.33. The molecular formula is C25H32N3O5. The molecule has 0 saturated carbocycles. The molecule has 1 unspecified atom stereocenters. The molecule has 2 aromatic carbocycles. The highest BCUT2D eigenvalue weighted by Crippen LogP contribution is 2.38. The molecule has 8 heteroatoms. The van der Waals surface area contributed by atoms with Crippen LogP contribution >= 0.6 is 0 Å². The van der Waals surface area contributed by atoms with Crippen LogP contribution in [-0.4, -0.2) is 42.8 Å². The second-order valence-corrected chi connectivity index (χ2v) is 8.82. The minimum Gasteiger partial charge on any atom is -0.493 e. The van der Waals surface area contributed by atoms with Gasteiger partial charge in [-0.15, -0.1) is 0 Å². The lowest BCUT2D eigenvalue weighted by molar-refractivity contribution is 0.0512. The topological polar surface area (TPSA) is 105 Å². The molecule has 0 aliphatic carbocycles. The minimum absolute atomic E-state index is 0.140. The Morgan fingerprint density at radius 3 is 2.61 bits per heavy atom. The van der Waals surface area contributed by atoms with Crippen LogP contribution in [0.5, 0.6) is 11.5 Å². The maximum absolute atomic E-state index is 13.3. The number of carbonyl (C=O) groups is 2. The van der Waals surface area contributed by atoms with E-state index in [1.54, 1.807) is 38.8 Å². The van der Waals surface area contributed by atoms with Gasteiger partial charge >= 0.3 is 6.09 Å². The number of hydrogen-bond acceptors (Lipinski definition) is 6. The monoisotopic (exact) mass is 454 g/mol. The molecule has 1 aliphatic heterocycles. The van der Waals surface area contributed by atoms with Crippen LogP contribution in [-0.2, 0) is 11.3 Å². The van der Waals surface area contributed by atoms with Crippen LogP contribution in [0.25, 0.3) is 0 Å². The van der Waals surface area contributed by atoms with Crippen molar-refractivity contribution in [1.29, 1.82) is 0 Å². The molecule has 3 rings (SSSR count). The number of carbonyl (C=O) groups excluding carboxylic acids is 2. The minimum atomic E-state index is -0.619. The van der Waals surface area contributed by atoms with E-state index in [1.807, 2.05) is 37.3 Å². The predicted molar refractivity (Wildman–Crippen MR) is 125 cm³/mol. The summed E-state index contributed by atoms with van der Waals surface area (Å²) in [5.41, 5.74) is 8.22. The quantitative estimate of drug-likeness (QED) is 0.596. The summed E-state index contributed by atoms with van der Waals surface area (Å²) in [6, 6.07) is 10.7. The van der Waals surface area contributed by atoms with E-state index in [9.17, 15) is 9.59 Å². The first-order chi connectivity index (χ1) is 15.6. The summed E-state index contributed by atoms with van der Waals surface area (Å²) in [5, 5.41) is 4.05. The highest BCUT2D eigenvalue weighted by molar-refractivity contribution is 6.03. The Hall–Kier alpha value is -3.42. The van der Waals surface area contributed by atoms with Crippen molar-refractivity contribution in [1.82, 2.24) is 10.2 Å². The molecule has 1 radical (unpaired) electrons. The summed E-state index contributed by atoms with van der Waals surface area (Å²) >= 11 is 0. The lowest BCUT2D eigenvalue weighted by Gasteiger charge is -2.29. The highest BCUT2D eigenvalue weighted by Gasteiger charge is 2.35. The van der Waals surface area contributed by atoms with Gasteiger partial charge in [-0.3, -0.25) is 4.79 Å². The number of hydrogen-bond donors (Lipinski definition) is 1. The average molecular weight is 455 g/mol. The van der Waals surface area contributed by atoms with Crippen LogP contribution in [0.1, 0.15) is 61.6 Å². The Balaban J connectivity index is 1.88. The molecule has 2 aromatic rings. The Bertz CT molecular complexity index is 1020. The summed E-state index contributed by atoms with van der Waals surface area (Å²) in [5.74, 6) is 1.06. The van der Waals surface area contributed by atoms with Gasteiger partial charge in [0.05, 0.1) is 25.3 Å². The van der Waals surface area contributed by atoms with Crippen LogP contribution < -0.4 is 20.5 Å². The van der Waals surface area contributed by atoms with E-state index in [4.69, 9.17) is 19.9 Å². The number of methoxy groups -OCH3 is 1. The number of nitrogens with zero attached hydrogens (tertiary/aromatic N) is 2. The third-order valence-electron chi connectivity index (χ3n) is 5.28. The lowest BCUT2D eigenvalue weighted by atomic mass is 10.0. The van der Waals surface area contributed by atoms with Crippen LogP contribution in [0.15, 0.2) is 36.4 Å². The summed E-state index contributed by atoms with van der Waals surface area (Å²) in [7, 11) is 1.58. The first kappa shape index (κ1) is 24.2. The number of amides is 2. The normalized spacial score (nSPS) is 14.0. The van der Waals surface area contributed by atoms with Gasteiger partial charge in [0, 0.05) is 18.8 Å². The first-order valence-electron chi connectivity index (χ1n) is 11.0. The third kappa shape index (κ3) is 5.69. The Kier molecular flexibility index (Phi) is 7.36. The van der Waals surface area contributed by atoms with E-state index >= 15 is 0 Å². The van der Waals surface area contributed by atoms with Crippen LogP contribution in [0, 0.1) is 0 Å². The fraction of sp³-hybridized carbons (Fsp3) is 0.440. The highest BCUT2D eigenvalue weighted by atomic mass is 16.6. The maximum Gasteiger partial charge on any atom is 0.429 e. The van der Waals surface area contributed by atoms with Gasteiger partial charge in [0.2, 0.25) is 0 Å². The molecule has 1 aliphatic rings. The fourth-order valence-corrected chi connectivity index (χ4v) is 3.91. The molecule has 0 fully saturated rings. The molecule has 1 atom stereocenters. The fourth-order valence-electron chi connectivity index (χ4n) is 3.91. The molecule has 0 saturated heterocycles. The molecule has 33 heavy (non-hydrogen) atoms. The zero-order valence-electron chi connectivity index (χ0n) is 19.9. The standard InChI is InChI=1S/C25H32N3O5/c1-6-32-21-14-16(10-11-20(21)31-5)19(12-13-27-24(30)33-25(2,3)4)28-15-17-8-7-9-18(26)22(17)23(28)29/h7-11,14,19H,6,12-13,15,26H2,1-5H3. The molecular weight excluding hydrogens is 422 g/mol. The molecule has 1 heterocycles. The summed E-state index contributed by atoms with van der Waals surface area (Å²) < 4.78 is 16.4. The van der Waals surface area contributed by atoms with Crippen molar-refractivity contribution >= 4 is 17.7 Å². The zero-order valence-corrected chi connectivity index (χ0v) is 19.9. The number of fused-ring (bicyclic) bond motifs is 1. The van der Waals surface area contributed by atoms with Gasteiger partial charge in [-0.25, -0.2) is 10.1 Å². The van der Waals surface area contributed by atoms with E-state index in [-0.39, 0.29) is 18.5 Å². The second-order valence-electron chi connectivity index (χ2n) is 8.82. The van der Waals surface area contributed by atoms with Crippen molar-refractivity contribution in [3.05, 3.63) is 53.1 Å². The smallest absolute Gasteiger partial charge is 0.429 e. The number of ether oxygens (including phenoxy) is 3. The van der Waals surface area contributed by atoms with Gasteiger partial charge in [0.15, 0.2) is 11.5 Å². The van der Waals surface area contributed by atoms with Crippen molar-refractivity contribution in [2.75, 3.05) is 26.0 Å². The molecule has 8 nitrogen and oxygen atoms in total. The largest absolute Gasteiger partial charge is 0.493 e. The predicted octanol–water partition coefficient (Wildman–Crippen LogP) is 4.30. The van der Waals surface area contributed by atoms with Crippen molar-refractivity contribution in [3.8, 4) is 11.5 Å². The van der Waals surface area contributed by atoms with E-state index in [1.165, 1.54) is 0 Å². The van der Waals surface area contributed by atoms with E-state index in [2.05, 4.69) is 5.32 Å². The Morgan fingerprint density at radius 1 is 1.21 bits per heavy atom. The third-order valence-corrected chi connectivity index (χ3v) is 5.28. The first-order valence-corrected chi connectivity index (χ1v) is 11.0. The maximum atomic E-state index is 13.3. The van der Waals surface area contributed by atoms with Crippen LogP contribution in [0.3, 0.4) is 0 Å². The Morgan fingerprint density at radius 2 is 1.97 bits per heavy atom. The molecule has 2 amide bonds. The van der Waals surface area contributed by atoms with Crippen molar-refractivity contribution in [2.45, 2.75) is 52.3 Å². The van der Waals surface area contributed by atoms with Gasteiger partial charge in [-0.05, 0) is 63.4 Å². The zero-order chi connectivity index (χ0) is 24.2. The summed E-state index contributed by atoms with van der Waals surface area (Å²) in [6.07, 6.45) is -0.192. The molecule has 2 N–H and O–H groups in total. The van der Waals surface area contributed by atoms with Crippen molar-refractivity contribution < 1.29 is 23.8 Å². The second kappa shape index (κ2) is 10.0. The van der Waals surface area contributed by atoms with Gasteiger partial charge in [0.25, 0.3) is 5.91 Å². The van der Waals surface area contributed by atoms with Gasteiger partial charge in [-0.1, -0.05) is 18.2 Å². The SMILES string of the molecule is CCOc1cc(C(CC[N]C(=O)OC(C)(C)C)N2Cc3cccc(N)c3C2=O)ccc1OC. The molecule has 0 spiro atoms. The molecule has 177 valence electrons. The van der Waals surface area contributed by atoms with Gasteiger partial charge in [0.1, 0.15) is 5.60 Å². The average Bonchev–Trinajstić information content (AvgIpc) is 3.07. The van der Waals surface area contributed by atoms with E-state index < -0.39 is 11.7 Å². The summed E-state index contributed by atoms with van der Waals surface area (Å²) in [4.78, 5) is 27.2. The number of nitrogens with two attached hydrogens (primary N) is 1. The van der Waals surface area contributed by atoms with Crippen LogP contribution in [0.2, 0.25) is 0 Å².